The fourth-order valence-electron chi connectivity index (χ4n) is 3.43. The van der Waals surface area contributed by atoms with E-state index < -0.39 is 48.8 Å². The summed E-state index contributed by atoms with van der Waals surface area (Å²) in [7, 11) is 0. The van der Waals surface area contributed by atoms with Crippen LogP contribution >= 0.6 is 11.3 Å². The zero-order chi connectivity index (χ0) is 28.4. The Labute approximate surface area is 226 Å². The second-order valence-corrected chi connectivity index (χ2v) is 8.96. The third-order valence-electron chi connectivity index (χ3n) is 5.34. The van der Waals surface area contributed by atoms with Crippen LogP contribution in [0, 0.1) is 0 Å². The molecule has 1 aromatic heterocycles. The summed E-state index contributed by atoms with van der Waals surface area (Å²) >= 11 is 0.992. The number of benzene rings is 2. The molecule has 0 aliphatic rings. The summed E-state index contributed by atoms with van der Waals surface area (Å²) in [6, 6.07) is 13.0. The number of hydrogen-bond acceptors (Lipinski definition) is 8. The Morgan fingerprint density at radius 1 is 0.949 bits per heavy atom. The summed E-state index contributed by atoms with van der Waals surface area (Å²) in [6.45, 7) is -0.141. The number of urea groups is 1. The van der Waals surface area contributed by atoms with Crippen molar-refractivity contribution in [2.24, 2.45) is 5.73 Å². The molecule has 0 saturated heterocycles. The summed E-state index contributed by atoms with van der Waals surface area (Å²) in [5.41, 5.74) is 7.24. The van der Waals surface area contributed by atoms with Crippen LogP contribution in [0.2, 0.25) is 0 Å². The van der Waals surface area contributed by atoms with E-state index in [0.29, 0.717) is 5.56 Å². The second-order valence-electron chi connectivity index (χ2n) is 8.10. The molecule has 204 valence electrons. The van der Waals surface area contributed by atoms with Gasteiger partial charge in [-0.15, -0.1) is 11.3 Å². The normalized spacial score (nSPS) is 11.2. The lowest BCUT2D eigenvalue weighted by Crippen LogP contribution is -2.50. The average Bonchev–Trinajstić information content (AvgIpc) is 3.39. The molecular formula is C25H26N6O7S. The number of amides is 4. The van der Waals surface area contributed by atoms with Crippen LogP contribution < -0.4 is 26.6 Å². The number of carbonyl (C=O) groups excluding carboxylic acids is 3. The number of nitrogens with two attached hydrogens (primary N) is 1. The minimum Gasteiger partial charge on any atom is -0.481 e. The lowest BCUT2D eigenvalue weighted by atomic mass is 10.1. The highest BCUT2D eigenvalue weighted by Crippen LogP contribution is 2.21. The largest absolute Gasteiger partial charge is 0.481 e. The minimum absolute atomic E-state index is 0.0784. The smallest absolute Gasteiger partial charge is 0.327 e. The number of nitrogens with zero attached hydrogens (tertiary/aromatic N) is 2. The molecule has 3 aromatic rings. The molecule has 7 N–H and O–H groups in total. The molecular weight excluding hydrogens is 528 g/mol. The number of aromatic nitrogens is 1. The van der Waals surface area contributed by atoms with Crippen molar-refractivity contribution in [3.05, 3.63) is 76.8 Å². The number of aliphatic carboxylic acids is 2. The van der Waals surface area contributed by atoms with Crippen molar-refractivity contribution >= 4 is 51.9 Å². The molecule has 0 aliphatic carbocycles. The number of rotatable bonds is 12. The van der Waals surface area contributed by atoms with Crippen molar-refractivity contribution < 1.29 is 34.2 Å². The van der Waals surface area contributed by atoms with Gasteiger partial charge in [-0.3, -0.25) is 24.6 Å². The molecule has 0 radical (unpaired) electrons. The van der Waals surface area contributed by atoms with Crippen molar-refractivity contribution in [1.29, 1.82) is 0 Å². The molecule has 1 atom stereocenters. The van der Waals surface area contributed by atoms with Gasteiger partial charge >= 0.3 is 18.0 Å². The van der Waals surface area contributed by atoms with Crippen LogP contribution in [0.4, 0.5) is 15.6 Å². The van der Waals surface area contributed by atoms with Gasteiger partial charge in [0.15, 0.2) is 5.13 Å². The van der Waals surface area contributed by atoms with Crippen molar-refractivity contribution in [3.8, 4) is 0 Å². The number of carbonyl (C=O) groups is 5. The van der Waals surface area contributed by atoms with Crippen LogP contribution in [0.15, 0.2) is 60.0 Å². The molecule has 0 bridgehead atoms. The van der Waals surface area contributed by atoms with Crippen LogP contribution in [-0.2, 0) is 27.5 Å². The number of carboxylic acid groups (broad SMARTS) is 2. The third-order valence-corrected chi connectivity index (χ3v) is 6.09. The van der Waals surface area contributed by atoms with Gasteiger partial charge in [0.1, 0.15) is 11.7 Å². The van der Waals surface area contributed by atoms with Gasteiger partial charge in [-0.1, -0.05) is 42.5 Å². The zero-order valence-corrected chi connectivity index (χ0v) is 21.3. The number of thiazole rings is 1. The molecule has 39 heavy (non-hydrogen) atoms. The maximum atomic E-state index is 13.0. The van der Waals surface area contributed by atoms with E-state index in [1.54, 1.807) is 12.1 Å². The first-order valence-electron chi connectivity index (χ1n) is 11.6. The first-order valence-corrected chi connectivity index (χ1v) is 12.4. The van der Waals surface area contributed by atoms with Gasteiger partial charge in [0.25, 0.3) is 5.91 Å². The Bertz CT molecular complexity index is 1330. The topological polar surface area (TPSA) is 204 Å². The fourth-order valence-corrected chi connectivity index (χ4v) is 4.12. The van der Waals surface area contributed by atoms with Crippen LogP contribution in [0.5, 0.6) is 0 Å². The van der Waals surface area contributed by atoms with E-state index in [9.17, 15) is 34.2 Å². The van der Waals surface area contributed by atoms with Crippen LogP contribution in [0.1, 0.15) is 28.0 Å². The maximum Gasteiger partial charge on any atom is 0.327 e. The first kappa shape index (κ1) is 28.7. The van der Waals surface area contributed by atoms with Gasteiger partial charge < -0.3 is 26.6 Å². The Morgan fingerprint density at radius 2 is 1.64 bits per heavy atom. The van der Waals surface area contributed by atoms with E-state index in [0.717, 1.165) is 21.8 Å². The second kappa shape index (κ2) is 13.6. The fraction of sp³-hybridized carbons (Fsp3) is 0.200. The lowest BCUT2D eigenvalue weighted by molar-refractivity contribution is -0.145. The number of carboxylic acids is 2. The summed E-state index contributed by atoms with van der Waals surface area (Å²) in [5.74, 6) is -4.55. The predicted molar refractivity (Wildman–Crippen MR) is 142 cm³/mol. The van der Waals surface area contributed by atoms with Gasteiger partial charge in [0.05, 0.1) is 13.0 Å². The van der Waals surface area contributed by atoms with E-state index >= 15 is 0 Å². The van der Waals surface area contributed by atoms with E-state index in [1.165, 1.54) is 17.5 Å². The molecule has 2 aromatic carbocycles. The van der Waals surface area contributed by atoms with Gasteiger partial charge in [-0.25, -0.2) is 14.6 Å². The van der Waals surface area contributed by atoms with Crippen molar-refractivity contribution in [2.75, 3.05) is 16.8 Å². The Kier molecular flexibility index (Phi) is 10.1. The molecule has 0 spiro atoms. The standard InChI is InChI=1S/C25H26N6O7S/c26-11-15-6-8-17(9-7-15)31(19(23(36)37)10-21(33)34)20(32)13-27-22(35)18-14-39-25(29-18)30-24(38)28-12-16-4-2-1-3-5-16/h1-9,14,19H,10-13,26H2,(H,27,35)(H,33,34)(H,36,37)(H2,28,29,30,38)/t19-/m0/s1. The minimum atomic E-state index is -1.72. The number of hydrogen-bond donors (Lipinski definition) is 6. The molecule has 1 heterocycles. The number of nitrogens with one attached hydrogen (secondary N) is 3. The highest BCUT2D eigenvalue weighted by Gasteiger charge is 2.33. The summed E-state index contributed by atoms with van der Waals surface area (Å²) in [5, 5.41) is 27.9. The predicted octanol–water partition coefficient (Wildman–Crippen LogP) is 1.61. The first-order chi connectivity index (χ1) is 18.7. The SMILES string of the molecule is NCc1ccc(N(C(=O)CNC(=O)c2csc(NC(=O)NCc3ccccc3)n2)[C@@H](CC(=O)O)C(=O)O)cc1. The van der Waals surface area contributed by atoms with Gasteiger partial charge in [-0.2, -0.15) is 0 Å². The molecule has 0 saturated carbocycles. The van der Waals surface area contributed by atoms with Crippen LogP contribution in [0.3, 0.4) is 0 Å². The van der Waals surface area contributed by atoms with Gasteiger partial charge in [0.2, 0.25) is 5.91 Å². The summed E-state index contributed by atoms with van der Waals surface area (Å²) in [6.07, 6.45) is -0.860. The van der Waals surface area contributed by atoms with Crippen LogP contribution in [-0.4, -0.2) is 57.6 Å². The van der Waals surface area contributed by atoms with E-state index in [2.05, 4.69) is 20.9 Å². The van der Waals surface area contributed by atoms with Gasteiger partial charge in [0, 0.05) is 24.2 Å². The zero-order valence-electron chi connectivity index (χ0n) is 20.5. The van der Waals surface area contributed by atoms with Gasteiger partial charge in [-0.05, 0) is 23.3 Å². The van der Waals surface area contributed by atoms with E-state index in [-0.39, 0.29) is 29.6 Å². The van der Waals surface area contributed by atoms with E-state index in [4.69, 9.17) is 5.73 Å². The Balaban J connectivity index is 1.64. The third kappa shape index (κ3) is 8.34. The average molecular weight is 555 g/mol. The quantitative estimate of drug-likeness (QED) is 0.192. The van der Waals surface area contributed by atoms with Crippen molar-refractivity contribution in [1.82, 2.24) is 15.6 Å². The van der Waals surface area contributed by atoms with Crippen LogP contribution in [0.25, 0.3) is 0 Å². The Morgan fingerprint density at radius 3 is 2.26 bits per heavy atom. The molecule has 0 fully saturated rings. The highest BCUT2D eigenvalue weighted by atomic mass is 32.1. The summed E-state index contributed by atoms with van der Waals surface area (Å²) < 4.78 is 0. The Hall–Kier alpha value is -4.82. The lowest BCUT2D eigenvalue weighted by Gasteiger charge is -2.28. The van der Waals surface area contributed by atoms with E-state index in [1.807, 2.05) is 30.3 Å². The summed E-state index contributed by atoms with van der Waals surface area (Å²) in [4.78, 5) is 65.7. The maximum absolute atomic E-state index is 13.0. The molecule has 4 amide bonds. The molecule has 0 unspecified atom stereocenters. The molecule has 0 aliphatic heterocycles. The highest BCUT2D eigenvalue weighted by molar-refractivity contribution is 7.14. The monoisotopic (exact) mass is 554 g/mol. The van der Waals surface area contributed by atoms with Crippen molar-refractivity contribution in [3.63, 3.8) is 0 Å². The molecule has 14 heteroatoms. The number of anilines is 2. The molecule has 3 rings (SSSR count). The molecule has 13 nitrogen and oxygen atoms in total. The van der Waals surface area contributed by atoms with Crippen molar-refractivity contribution in [2.45, 2.75) is 25.6 Å².